The summed E-state index contributed by atoms with van der Waals surface area (Å²) < 4.78 is 0. The fourth-order valence-electron chi connectivity index (χ4n) is 4.56. The topological polar surface area (TPSA) is 15.3 Å². The maximum atomic E-state index is 3.67. The molecule has 0 aromatic rings. The van der Waals surface area contributed by atoms with Crippen LogP contribution in [0.2, 0.25) is 0 Å². The molecule has 18 heavy (non-hydrogen) atoms. The molecule has 1 heterocycles. The van der Waals surface area contributed by atoms with E-state index in [-0.39, 0.29) is 0 Å². The van der Waals surface area contributed by atoms with Crippen molar-refractivity contribution in [3.8, 4) is 0 Å². The number of nitrogens with one attached hydrogen (secondary N) is 1. The Hall–Kier alpha value is -0.0800. The van der Waals surface area contributed by atoms with Crippen LogP contribution in [0.15, 0.2) is 0 Å². The minimum absolute atomic E-state index is 0.527. The summed E-state index contributed by atoms with van der Waals surface area (Å²) in [7, 11) is 0. The molecule has 2 nitrogen and oxygen atoms in total. The number of rotatable bonds is 3. The molecular formula is C16H30N2. The van der Waals surface area contributed by atoms with Gasteiger partial charge in [0.25, 0.3) is 0 Å². The maximum Gasteiger partial charge on any atom is 0.0337 e. The average molecular weight is 250 g/mol. The maximum absolute atomic E-state index is 3.67. The molecule has 0 aromatic heterocycles. The second-order valence-electron chi connectivity index (χ2n) is 7.04. The quantitative estimate of drug-likeness (QED) is 0.827. The largest absolute Gasteiger partial charge is 0.314 e. The Morgan fingerprint density at radius 1 is 1.17 bits per heavy atom. The number of piperazine rings is 1. The Bertz CT molecular complexity index is 258. The molecule has 1 N–H and O–H groups in total. The van der Waals surface area contributed by atoms with Gasteiger partial charge in [-0.15, -0.1) is 0 Å². The van der Waals surface area contributed by atoms with Gasteiger partial charge in [-0.25, -0.2) is 0 Å². The SMILES string of the molecule is CC(CC1CCC1)N1CCNCC12CCCCC2. The Balaban J connectivity index is 1.65. The van der Waals surface area contributed by atoms with Crippen molar-refractivity contribution in [1.82, 2.24) is 10.2 Å². The summed E-state index contributed by atoms with van der Waals surface area (Å²) in [5.41, 5.74) is 0.527. The van der Waals surface area contributed by atoms with E-state index >= 15 is 0 Å². The van der Waals surface area contributed by atoms with Gasteiger partial charge in [-0.05, 0) is 32.1 Å². The molecule has 2 aliphatic carbocycles. The average Bonchev–Trinajstić information content (AvgIpc) is 2.35. The van der Waals surface area contributed by atoms with Crippen LogP contribution in [0, 0.1) is 5.92 Å². The van der Waals surface area contributed by atoms with Crippen LogP contribution in [0.25, 0.3) is 0 Å². The standard InChI is InChI=1S/C16H30N2/c1-14(12-15-6-5-7-15)18-11-10-17-13-16(18)8-3-2-4-9-16/h14-15,17H,2-13H2,1H3. The van der Waals surface area contributed by atoms with Crippen molar-refractivity contribution in [2.75, 3.05) is 19.6 Å². The number of nitrogens with zero attached hydrogens (tertiary/aromatic N) is 1. The Kier molecular flexibility index (Phi) is 3.95. The smallest absolute Gasteiger partial charge is 0.0337 e. The van der Waals surface area contributed by atoms with Crippen LogP contribution in [-0.2, 0) is 0 Å². The van der Waals surface area contributed by atoms with Gasteiger partial charge in [0.1, 0.15) is 0 Å². The summed E-state index contributed by atoms with van der Waals surface area (Å²) in [5.74, 6) is 1.05. The van der Waals surface area contributed by atoms with Crippen molar-refractivity contribution in [3.05, 3.63) is 0 Å². The molecule has 0 radical (unpaired) electrons. The van der Waals surface area contributed by atoms with Crippen LogP contribution in [0.4, 0.5) is 0 Å². The zero-order chi connectivity index (χ0) is 12.4. The van der Waals surface area contributed by atoms with E-state index in [4.69, 9.17) is 0 Å². The molecule has 3 fully saturated rings. The lowest BCUT2D eigenvalue weighted by atomic mass is 9.76. The fraction of sp³-hybridized carbons (Fsp3) is 1.00. The zero-order valence-electron chi connectivity index (χ0n) is 12.1. The van der Waals surface area contributed by atoms with E-state index < -0.39 is 0 Å². The highest BCUT2D eigenvalue weighted by Crippen LogP contribution is 2.38. The van der Waals surface area contributed by atoms with Crippen LogP contribution >= 0.6 is 0 Å². The van der Waals surface area contributed by atoms with Crippen LogP contribution < -0.4 is 5.32 Å². The minimum Gasteiger partial charge on any atom is -0.314 e. The predicted octanol–water partition coefficient (Wildman–Crippen LogP) is 3.17. The first-order valence-electron chi connectivity index (χ1n) is 8.28. The highest BCUT2D eigenvalue weighted by atomic mass is 15.3. The highest BCUT2D eigenvalue weighted by Gasteiger charge is 2.42. The first kappa shape index (κ1) is 12.9. The predicted molar refractivity (Wildman–Crippen MR) is 76.8 cm³/mol. The molecule has 0 bridgehead atoms. The van der Waals surface area contributed by atoms with Gasteiger partial charge in [-0.2, -0.15) is 0 Å². The van der Waals surface area contributed by atoms with E-state index in [1.54, 1.807) is 0 Å². The van der Waals surface area contributed by atoms with Crippen LogP contribution in [-0.4, -0.2) is 36.1 Å². The van der Waals surface area contributed by atoms with Crippen molar-refractivity contribution in [2.24, 2.45) is 5.92 Å². The van der Waals surface area contributed by atoms with Crippen molar-refractivity contribution in [1.29, 1.82) is 0 Å². The van der Waals surface area contributed by atoms with Crippen LogP contribution in [0.3, 0.4) is 0 Å². The van der Waals surface area contributed by atoms with Gasteiger partial charge in [0.2, 0.25) is 0 Å². The number of hydrogen-bond donors (Lipinski definition) is 1. The molecule has 3 aliphatic rings. The summed E-state index contributed by atoms with van der Waals surface area (Å²) in [6.45, 7) is 6.24. The zero-order valence-corrected chi connectivity index (χ0v) is 12.1. The first-order valence-corrected chi connectivity index (χ1v) is 8.28. The van der Waals surface area contributed by atoms with E-state index in [0.717, 1.165) is 12.0 Å². The Morgan fingerprint density at radius 2 is 1.94 bits per heavy atom. The van der Waals surface area contributed by atoms with E-state index in [0.29, 0.717) is 5.54 Å². The molecule has 0 aromatic carbocycles. The summed E-state index contributed by atoms with van der Waals surface area (Å²) in [6.07, 6.45) is 13.2. The van der Waals surface area contributed by atoms with Crippen molar-refractivity contribution >= 4 is 0 Å². The van der Waals surface area contributed by atoms with Gasteiger partial charge in [-0.3, -0.25) is 4.90 Å². The summed E-state index contributed by atoms with van der Waals surface area (Å²) >= 11 is 0. The molecule has 3 rings (SSSR count). The lowest BCUT2D eigenvalue weighted by Crippen LogP contribution is -2.64. The molecule has 1 saturated heterocycles. The molecule has 1 unspecified atom stereocenters. The lowest BCUT2D eigenvalue weighted by molar-refractivity contribution is -0.0125. The third-order valence-electron chi connectivity index (χ3n) is 5.81. The number of hydrogen-bond acceptors (Lipinski definition) is 2. The van der Waals surface area contributed by atoms with Gasteiger partial charge in [-0.1, -0.05) is 38.5 Å². The molecular weight excluding hydrogens is 220 g/mol. The van der Waals surface area contributed by atoms with Crippen molar-refractivity contribution in [3.63, 3.8) is 0 Å². The molecule has 2 saturated carbocycles. The van der Waals surface area contributed by atoms with Crippen LogP contribution in [0.5, 0.6) is 0 Å². The van der Waals surface area contributed by atoms with Gasteiger partial charge in [0.15, 0.2) is 0 Å². The van der Waals surface area contributed by atoms with Crippen molar-refractivity contribution in [2.45, 2.75) is 76.3 Å². The second-order valence-corrected chi connectivity index (χ2v) is 7.04. The van der Waals surface area contributed by atoms with Crippen LogP contribution in [0.1, 0.15) is 64.7 Å². The molecule has 1 spiro atoms. The summed E-state index contributed by atoms with van der Waals surface area (Å²) in [4.78, 5) is 2.90. The molecule has 0 amide bonds. The third-order valence-corrected chi connectivity index (χ3v) is 5.81. The van der Waals surface area contributed by atoms with Gasteiger partial charge < -0.3 is 5.32 Å². The minimum atomic E-state index is 0.527. The van der Waals surface area contributed by atoms with Crippen molar-refractivity contribution < 1.29 is 0 Å². The highest BCUT2D eigenvalue weighted by molar-refractivity contribution is 5.00. The van der Waals surface area contributed by atoms with E-state index in [9.17, 15) is 0 Å². The van der Waals surface area contributed by atoms with Gasteiger partial charge in [0.05, 0.1) is 0 Å². The first-order chi connectivity index (χ1) is 8.80. The van der Waals surface area contributed by atoms with E-state index in [2.05, 4.69) is 17.1 Å². The van der Waals surface area contributed by atoms with Gasteiger partial charge in [0, 0.05) is 31.2 Å². The monoisotopic (exact) mass is 250 g/mol. The normalized spacial score (nSPS) is 31.2. The Labute approximate surface area is 113 Å². The molecule has 1 atom stereocenters. The lowest BCUT2D eigenvalue weighted by Gasteiger charge is -2.53. The third kappa shape index (κ3) is 2.46. The van der Waals surface area contributed by atoms with E-state index in [1.807, 2.05) is 0 Å². The molecule has 2 heteroatoms. The van der Waals surface area contributed by atoms with Gasteiger partial charge >= 0.3 is 0 Å². The second kappa shape index (κ2) is 5.50. The summed E-state index contributed by atoms with van der Waals surface area (Å²) in [6, 6.07) is 0.815. The Morgan fingerprint density at radius 3 is 2.61 bits per heavy atom. The molecule has 104 valence electrons. The summed E-state index contributed by atoms with van der Waals surface area (Å²) in [5, 5.41) is 3.67. The molecule has 1 aliphatic heterocycles. The van der Waals surface area contributed by atoms with E-state index in [1.165, 1.54) is 77.4 Å². The fourth-order valence-corrected chi connectivity index (χ4v) is 4.56.